The Balaban J connectivity index is 2.27. The van der Waals surface area contributed by atoms with Crippen LogP contribution in [-0.2, 0) is 0 Å². The van der Waals surface area contributed by atoms with Crippen LogP contribution in [0.25, 0.3) is 10.1 Å². The maximum Gasteiger partial charge on any atom is 0.389 e. The second kappa shape index (κ2) is 7.11. The van der Waals surface area contributed by atoms with Gasteiger partial charge in [-0.3, -0.25) is 0 Å². The second-order valence-corrected chi connectivity index (χ2v) is 6.70. The summed E-state index contributed by atoms with van der Waals surface area (Å²) in [4.78, 5) is 0. The van der Waals surface area contributed by atoms with Crippen molar-refractivity contribution in [1.29, 1.82) is 0 Å². The van der Waals surface area contributed by atoms with Crippen LogP contribution in [0.3, 0.4) is 0 Å². The van der Waals surface area contributed by atoms with Gasteiger partial charge in [-0.05, 0) is 57.7 Å². The Hall–Kier alpha value is -0.590. The van der Waals surface area contributed by atoms with Crippen molar-refractivity contribution in [1.82, 2.24) is 5.32 Å². The average Bonchev–Trinajstić information content (AvgIpc) is 2.83. The summed E-state index contributed by atoms with van der Waals surface area (Å²) in [5, 5.41) is 6.25. The lowest BCUT2D eigenvalue weighted by Crippen LogP contribution is -2.23. The van der Waals surface area contributed by atoms with Crippen molar-refractivity contribution in [3.05, 3.63) is 33.6 Å². The maximum atomic E-state index is 12.5. The Labute approximate surface area is 134 Å². The van der Waals surface area contributed by atoms with Gasteiger partial charge < -0.3 is 5.32 Å². The molecule has 1 unspecified atom stereocenters. The van der Waals surface area contributed by atoms with Gasteiger partial charge in [0, 0.05) is 21.6 Å². The summed E-state index contributed by atoms with van der Waals surface area (Å²) in [5.74, 6) is 0. The van der Waals surface area contributed by atoms with Gasteiger partial charge in [0.05, 0.1) is 0 Å². The van der Waals surface area contributed by atoms with Crippen LogP contribution in [0.2, 0.25) is 0 Å². The van der Waals surface area contributed by atoms with Crippen molar-refractivity contribution in [2.75, 3.05) is 6.54 Å². The van der Waals surface area contributed by atoms with Crippen molar-refractivity contribution >= 4 is 37.4 Å². The summed E-state index contributed by atoms with van der Waals surface area (Å²) in [5.41, 5.74) is 0.967. The van der Waals surface area contributed by atoms with Crippen LogP contribution < -0.4 is 5.32 Å². The normalized spacial score (nSPS) is 13.8. The van der Waals surface area contributed by atoms with Crippen LogP contribution in [0.15, 0.2) is 28.1 Å². The van der Waals surface area contributed by atoms with Crippen molar-refractivity contribution in [3.63, 3.8) is 0 Å². The van der Waals surface area contributed by atoms with Crippen LogP contribution >= 0.6 is 27.3 Å². The number of thiophene rings is 1. The quantitative estimate of drug-likeness (QED) is 0.644. The molecule has 2 rings (SSSR count). The predicted molar refractivity (Wildman–Crippen MR) is 85.8 cm³/mol. The van der Waals surface area contributed by atoms with Crippen LogP contribution in [0.1, 0.15) is 37.8 Å². The number of rotatable bonds is 6. The van der Waals surface area contributed by atoms with E-state index in [0.29, 0.717) is 6.54 Å². The third-order valence-electron chi connectivity index (χ3n) is 3.31. The monoisotopic (exact) mass is 379 g/mol. The Morgan fingerprint density at radius 3 is 2.76 bits per heavy atom. The first kappa shape index (κ1) is 16.8. The molecule has 0 saturated heterocycles. The molecule has 1 nitrogen and oxygen atoms in total. The molecule has 1 N–H and O–H groups in total. The third-order valence-corrected chi connectivity index (χ3v) is 5.28. The summed E-state index contributed by atoms with van der Waals surface area (Å²) in [6, 6.07) is 5.59. The molecular formula is C15H17BrF3NS. The summed E-state index contributed by atoms with van der Waals surface area (Å²) < 4.78 is 39.6. The van der Waals surface area contributed by atoms with Gasteiger partial charge >= 0.3 is 6.18 Å². The number of hydrogen-bond donors (Lipinski definition) is 1. The van der Waals surface area contributed by atoms with Gasteiger partial charge in [0.1, 0.15) is 0 Å². The van der Waals surface area contributed by atoms with Crippen molar-refractivity contribution in [2.24, 2.45) is 0 Å². The van der Waals surface area contributed by atoms with Gasteiger partial charge in [0.15, 0.2) is 0 Å². The highest BCUT2D eigenvalue weighted by molar-refractivity contribution is 9.10. The lowest BCUT2D eigenvalue weighted by atomic mass is 10.0. The Kier molecular flexibility index (Phi) is 5.68. The van der Waals surface area contributed by atoms with E-state index in [2.05, 4.69) is 21.2 Å². The van der Waals surface area contributed by atoms with E-state index in [4.69, 9.17) is 0 Å². The molecule has 6 heteroatoms. The molecule has 0 saturated carbocycles. The fourth-order valence-electron chi connectivity index (χ4n) is 2.31. The number of halogens is 4. The van der Waals surface area contributed by atoms with E-state index in [-0.39, 0.29) is 12.5 Å². The number of nitrogens with one attached hydrogen (secondary N) is 1. The molecule has 1 atom stereocenters. The van der Waals surface area contributed by atoms with Crippen molar-refractivity contribution in [3.8, 4) is 0 Å². The van der Waals surface area contributed by atoms with Crippen LogP contribution in [0, 0.1) is 0 Å². The van der Waals surface area contributed by atoms with Gasteiger partial charge in [0.2, 0.25) is 0 Å². The molecule has 0 aliphatic rings. The molecule has 0 amide bonds. The zero-order valence-corrected chi connectivity index (χ0v) is 14.0. The van der Waals surface area contributed by atoms with E-state index in [1.165, 1.54) is 0 Å². The smallest absolute Gasteiger partial charge is 0.310 e. The molecule has 1 heterocycles. The first-order valence-electron chi connectivity index (χ1n) is 6.88. The average molecular weight is 380 g/mol. The number of hydrogen-bond acceptors (Lipinski definition) is 2. The fraction of sp³-hybridized carbons (Fsp3) is 0.467. The molecule has 21 heavy (non-hydrogen) atoms. The molecule has 0 fully saturated rings. The zero-order valence-electron chi connectivity index (χ0n) is 11.6. The third kappa shape index (κ3) is 4.44. The molecule has 0 aliphatic heterocycles. The molecule has 0 bridgehead atoms. The van der Waals surface area contributed by atoms with E-state index in [9.17, 15) is 13.2 Å². The lowest BCUT2D eigenvalue weighted by Gasteiger charge is -2.19. The Morgan fingerprint density at radius 2 is 2.10 bits per heavy atom. The highest BCUT2D eigenvalue weighted by Gasteiger charge is 2.29. The number of alkyl halides is 3. The zero-order chi connectivity index (χ0) is 15.5. The molecule has 1 aromatic carbocycles. The van der Waals surface area contributed by atoms with E-state index >= 15 is 0 Å². The van der Waals surface area contributed by atoms with E-state index in [0.717, 1.165) is 26.5 Å². The second-order valence-electron chi connectivity index (χ2n) is 4.97. The van der Waals surface area contributed by atoms with Gasteiger partial charge in [-0.15, -0.1) is 11.3 Å². The van der Waals surface area contributed by atoms with Crippen LogP contribution in [0.4, 0.5) is 13.2 Å². The molecule has 0 radical (unpaired) electrons. The summed E-state index contributed by atoms with van der Waals surface area (Å²) in [7, 11) is 0. The van der Waals surface area contributed by atoms with Crippen LogP contribution in [0.5, 0.6) is 0 Å². The minimum Gasteiger partial charge on any atom is -0.310 e. The largest absolute Gasteiger partial charge is 0.389 e. The van der Waals surface area contributed by atoms with Gasteiger partial charge in [-0.1, -0.05) is 19.1 Å². The van der Waals surface area contributed by atoms with Gasteiger partial charge in [-0.2, -0.15) is 13.2 Å². The van der Waals surface area contributed by atoms with E-state index in [1.807, 2.05) is 30.5 Å². The Morgan fingerprint density at radius 1 is 1.33 bits per heavy atom. The van der Waals surface area contributed by atoms with E-state index in [1.54, 1.807) is 11.3 Å². The Bertz CT molecular complexity index is 594. The fourth-order valence-corrected chi connectivity index (χ4v) is 3.98. The number of benzene rings is 1. The molecule has 2 aromatic rings. The summed E-state index contributed by atoms with van der Waals surface area (Å²) >= 11 is 5.06. The predicted octanol–water partition coefficient (Wildman–Crippen LogP) is 6.05. The summed E-state index contributed by atoms with van der Waals surface area (Å²) in [6.07, 6.45) is -3.91. The topological polar surface area (TPSA) is 12.0 Å². The molecule has 0 spiro atoms. The number of fused-ring (bicyclic) bond motifs is 1. The van der Waals surface area contributed by atoms with E-state index < -0.39 is 12.6 Å². The molecule has 116 valence electrons. The van der Waals surface area contributed by atoms with Crippen LogP contribution in [-0.4, -0.2) is 12.7 Å². The standard InChI is InChI=1S/C15H17BrF3NS/c1-2-8-20-13(6-7-15(17,18)19)11-9-21-14-10(11)4-3-5-12(14)16/h3-5,9,13,20H,2,6-8H2,1H3. The molecule has 1 aromatic heterocycles. The highest BCUT2D eigenvalue weighted by atomic mass is 79.9. The lowest BCUT2D eigenvalue weighted by molar-refractivity contribution is -0.136. The van der Waals surface area contributed by atoms with Gasteiger partial charge in [0.25, 0.3) is 0 Å². The first-order valence-corrected chi connectivity index (χ1v) is 8.55. The molecule has 0 aliphatic carbocycles. The van der Waals surface area contributed by atoms with Crippen molar-refractivity contribution < 1.29 is 13.2 Å². The maximum absolute atomic E-state index is 12.5. The van der Waals surface area contributed by atoms with Crippen molar-refractivity contribution in [2.45, 2.75) is 38.4 Å². The molecular weight excluding hydrogens is 363 g/mol. The summed E-state index contributed by atoms with van der Waals surface area (Å²) in [6.45, 7) is 2.73. The SMILES string of the molecule is CCCNC(CCC(F)(F)F)c1csc2c(Br)cccc12. The minimum atomic E-state index is -4.11. The highest BCUT2D eigenvalue weighted by Crippen LogP contribution is 2.37. The van der Waals surface area contributed by atoms with Gasteiger partial charge in [-0.25, -0.2) is 0 Å². The first-order chi connectivity index (χ1) is 9.92. The minimum absolute atomic E-state index is 0.0713.